The molecule has 0 atom stereocenters. The Morgan fingerprint density at radius 2 is 1.69 bits per heavy atom. The number of thiocarbonyl (C=S) groups is 1. The van der Waals surface area contributed by atoms with Crippen LogP contribution in [0.5, 0.6) is 0 Å². The van der Waals surface area contributed by atoms with Crippen LogP contribution in [0.1, 0.15) is 30.5 Å². The Labute approximate surface area is 85.0 Å². The fourth-order valence-electron chi connectivity index (χ4n) is 1.56. The highest BCUT2D eigenvalue weighted by molar-refractivity contribution is 7.80. The molecule has 0 aliphatic rings. The SMILES string of the molecule is CCc1cccc(CC)c1C(N)=S. The predicted octanol–water partition coefficient (Wildman–Crippen LogP) is 2.45. The Balaban J connectivity index is 3.29. The summed E-state index contributed by atoms with van der Waals surface area (Å²) in [5.74, 6) is 0. The van der Waals surface area contributed by atoms with Crippen LogP contribution in [0, 0.1) is 0 Å². The molecule has 0 aliphatic heterocycles. The van der Waals surface area contributed by atoms with Crippen molar-refractivity contribution in [3.05, 3.63) is 34.9 Å². The van der Waals surface area contributed by atoms with Crippen molar-refractivity contribution in [1.82, 2.24) is 0 Å². The second-order valence-electron chi connectivity index (χ2n) is 3.02. The van der Waals surface area contributed by atoms with Gasteiger partial charge in [0.1, 0.15) is 4.99 Å². The van der Waals surface area contributed by atoms with Gasteiger partial charge in [-0.05, 0) is 24.0 Å². The molecule has 2 heteroatoms. The number of hydrogen-bond acceptors (Lipinski definition) is 1. The van der Waals surface area contributed by atoms with Gasteiger partial charge in [0.05, 0.1) is 0 Å². The van der Waals surface area contributed by atoms with E-state index in [0.29, 0.717) is 4.99 Å². The molecule has 0 spiro atoms. The first-order valence-corrected chi connectivity index (χ1v) is 5.02. The summed E-state index contributed by atoms with van der Waals surface area (Å²) >= 11 is 5.05. The molecule has 0 fully saturated rings. The predicted molar refractivity (Wildman–Crippen MR) is 61.1 cm³/mol. The zero-order valence-electron chi connectivity index (χ0n) is 8.13. The van der Waals surface area contributed by atoms with Crippen molar-refractivity contribution in [3.8, 4) is 0 Å². The Bertz CT molecular complexity index is 296. The third-order valence-corrected chi connectivity index (χ3v) is 2.45. The summed E-state index contributed by atoms with van der Waals surface area (Å²) in [6.07, 6.45) is 1.97. The van der Waals surface area contributed by atoms with Gasteiger partial charge in [0.25, 0.3) is 0 Å². The van der Waals surface area contributed by atoms with E-state index in [2.05, 4.69) is 32.0 Å². The highest BCUT2D eigenvalue weighted by Gasteiger charge is 2.07. The maximum Gasteiger partial charge on any atom is 0.104 e. The minimum atomic E-state index is 0.523. The highest BCUT2D eigenvalue weighted by Crippen LogP contribution is 2.16. The number of nitrogens with two attached hydrogens (primary N) is 1. The van der Waals surface area contributed by atoms with Gasteiger partial charge in [0.2, 0.25) is 0 Å². The fourth-order valence-corrected chi connectivity index (χ4v) is 1.82. The summed E-state index contributed by atoms with van der Waals surface area (Å²) in [5.41, 5.74) is 9.30. The molecule has 1 aromatic rings. The topological polar surface area (TPSA) is 26.0 Å². The van der Waals surface area contributed by atoms with Crippen LogP contribution in [0.2, 0.25) is 0 Å². The largest absolute Gasteiger partial charge is 0.389 e. The molecule has 2 N–H and O–H groups in total. The van der Waals surface area contributed by atoms with Crippen molar-refractivity contribution < 1.29 is 0 Å². The van der Waals surface area contributed by atoms with Gasteiger partial charge in [0, 0.05) is 5.56 Å². The van der Waals surface area contributed by atoms with Gasteiger partial charge < -0.3 is 5.73 Å². The summed E-state index contributed by atoms with van der Waals surface area (Å²) in [6.45, 7) is 4.24. The monoisotopic (exact) mass is 193 g/mol. The van der Waals surface area contributed by atoms with Gasteiger partial charge in [-0.2, -0.15) is 0 Å². The van der Waals surface area contributed by atoms with Crippen LogP contribution in [-0.2, 0) is 12.8 Å². The van der Waals surface area contributed by atoms with Gasteiger partial charge >= 0.3 is 0 Å². The van der Waals surface area contributed by atoms with Crippen LogP contribution >= 0.6 is 12.2 Å². The third-order valence-electron chi connectivity index (χ3n) is 2.25. The van der Waals surface area contributed by atoms with Crippen molar-refractivity contribution in [2.24, 2.45) is 5.73 Å². The minimum absolute atomic E-state index is 0.523. The van der Waals surface area contributed by atoms with Crippen molar-refractivity contribution in [2.75, 3.05) is 0 Å². The molecule has 0 saturated heterocycles. The second kappa shape index (κ2) is 4.38. The van der Waals surface area contributed by atoms with Crippen LogP contribution in [0.4, 0.5) is 0 Å². The average molecular weight is 193 g/mol. The van der Waals surface area contributed by atoms with E-state index in [0.717, 1.165) is 18.4 Å². The Morgan fingerprint density at radius 3 is 2.00 bits per heavy atom. The van der Waals surface area contributed by atoms with Crippen LogP contribution in [-0.4, -0.2) is 4.99 Å². The minimum Gasteiger partial charge on any atom is -0.389 e. The molecular weight excluding hydrogens is 178 g/mol. The normalized spacial score (nSPS) is 10.0. The van der Waals surface area contributed by atoms with Crippen molar-refractivity contribution >= 4 is 17.2 Å². The molecular formula is C11H15NS. The number of rotatable bonds is 3. The van der Waals surface area contributed by atoms with Crippen LogP contribution in [0.3, 0.4) is 0 Å². The molecule has 0 aromatic heterocycles. The summed E-state index contributed by atoms with van der Waals surface area (Å²) in [7, 11) is 0. The molecule has 70 valence electrons. The molecule has 0 unspecified atom stereocenters. The van der Waals surface area contributed by atoms with Gasteiger partial charge in [-0.15, -0.1) is 0 Å². The second-order valence-corrected chi connectivity index (χ2v) is 3.46. The van der Waals surface area contributed by atoms with E-state index in [-0.39, 0.29) is 0 Å². The van der Waals surface area contributed by atoms with Crippen molar-refractivity contribution in [3.63, 3.8) is 0 Å². The lowest BCUT2D eigenvalue weighted by molar-refractivity contribution is 1.08. The zero-order valence-corrected chi connectivity index (χ0v) is 8.95. The summed E-state index contributed by atoms with van der Waals surface area (Å²) in [4.78, 5) is 0.523. The Kier molecular flexibility index (Phi) is 3.43. The van der Waals surface area contributed by atoms with E-state index < -0.39 is 0 Å². The van der Waals surface area contributed by atoms with Crippen molar-refractivity contribution in [1.29, 1.82) is 0 Å². The molecule has 0 radical (unpaired) electrons. The van der Waals surface area contributed by atoms with Gasteiger partial charge in [-0.25, -0.2) is 0 Å². The fraction of sp³-hybridized carbons (Fsp3) is 0.364. The van der Waals surface area contributed by atoms with E-state index >= 15 is 0 Å². The first-order valence-electron chi connectivity index (χ1n) is 4.61. The Morgan fingerprint density at radius 1 is 1.23 bits per heavy atom. The van der Waals surface area contributed by atoms with Crippen LogP contribution in [0.15, 0.2) is 18.2 Å². The van der Waals surface area contributed by atoms with E-state index in [9.17, 15) is 0 Å². The summed E-state index contributed by atoms with van der Waals surface area (Å²) in [6, 6.07) is 6.25. The van der Waals surface area contributed by atoms with E-state index in [1.165, 1.54) is 11.1 Å². The number of aryl methyl sites for hydroxylation is 2. The van der Waals surface area contributed by atoms with Gasteiger partial charge in [0.15, 0.2) is 0 Å². The van der Waals surface area contributed by atoms with Gasteiger partial charge in [-0.3, -0.25) is 0 Å². The maximum absolute atomic E-state index is 5.70. The lowest BCUT2D eigenvalue weighted by Crippen LogP contribution is -2.14. The molecule has 0 saturated carbocycles. The molecule has 13 heavy (non-hydrogen) atoms. The quantitative estimate of drug-likeness (QED) is 0.746. The van der Waals surface area contributed by atoms with Crippen LogP contribution < -0.4 is 5.73 Å². The molecule has 0 heterocycles. The standard InChI is InChI=1S/C11H15NS/c1-3-8-6-5-7-9(4-2)10(8)11(12)13/h5-7H,3-4H2,1-2H3,(H2,12,13). The molecule has 1 rings (SSSR count). The summed E-state index contributed by atoms with van der Waals surface area (Å²) in [5, 5.41) is 0. The average Bonchev–Trinajstić information content (AvgIpc) is 2.16. The van der Waals surface area contributed by atoms with E-state index in [1.807, 2.05) is 0 Å². The lowest BCUT2D eigenvalue weighted by atomic mass is 9.98. The summed E-state index contributed by atoms with van der Waals surface area (Å²) < 4.78 is 0. The molecule has 0 bridgehead atoms. The van der Waals surface area contributed by atoms with E-state index in [1.54, 1.807) is 0 Å². The molecule has 1 aromatic carbocycles. The lowest BCUT2D eigenvalue weighted by Gasteiger charge is -2.10. The number of hydrogen-bond donors (Lipinski definition) is 1. The van der Waals surface area contributed by atoms with Crippen molar-refractivity contribution in [2.45, 2.75) is 26.7 Å². The highest BCUT2D eigenvalue weighted by atomic mass is 32.1. The van der Waals surface area contributed by atoms with Crippen LogP contribution in [0.25, 0.3) is 0 Å². The Hall–Kier alpha value is -0.890. The smallest absolute Gasteiger partial charge is 0.104 e. The van der Waals surface area contributed by atoms with E-state index in [4.69, 9.17) is 18.0 Å². The first kappa shape index (κ1) is 10.2. The van der Waals surface area contributed by atoms with Gasteiger partial charge in [-0.1, -0.05) is 44.3 Å². The third kappa shape index (κ3) is 2.07. The molecule has 0 amide bonds. The molecule has 1 nitrogen and oxygen atoms in total. The maximum atomic E-state index is 5.70. The first-order chi connectivity index (χ1) is 6.20. The molecule has 0 aliphatic carbocycles. The zero-order chi connectivity index (χ0) is 9.84. The number of benzene rings is 1.